The van der Waals surface area contributed by atoms with Crippen LogP contribution in [-0.4, -0.2) is 30.1 Å². The Morgan fingerprint density at radius 3 is 2.44 bits per heavy atom. The number of carbonyl (C=O) groups excluding carboxylic acids is 1. The van der Waals surface area contributed by atoms with Crippen molar-refractivity contribution in [2.75, 3.05) is 6.54 Å². The fraction of sp³-hybridized carbons (Fsp3) is 0.400. The first-order valence-electron chi connectivity index (χ1n) is 11.4. The van der Waals surface area contributed by atoms with Gasteiger partial charge >= 0.3 is 0 Å². The Bertz CT molecular complexity index is 1270. The van der Waals surface area contributed by atoms with Gasteiger partial charge in [-0.05, 0) is 49.2 Å². The fourth-order valence-electron chi connectivity index (χ4n) is 4.31. The van der Waals surface area contributed by atoms with E-state index in [0.717, 1.165) is 42.0 Å². The molecule has 34 heavy (non-hydrogen) atoms. The lowest BCUT2D eigenvalue weighted by Gasteiger charge is -2.19. The zero-order chi connectivity index (χ0) is 24.9. The van der Waals surface area contributed by atoms with E-state index in [-0.39, 0.29) is 4.90 Å². The van der Waals surface area contributed by atoms with E-state index in [2.05, 4.69) is 22.9 Å². The average molecular weight is 549 g/mol. The van der Waals surface area contributed by atoms with Crippen LogP contribution in [0.5, 0.6) is 0 Å². The molecule has 2 aromatic carbocycles. The van der Waals surface area contributed by atoms with Crippen LogP contribution in [0.3, 0.4) is 0 Å². The number of aromatic nitrogens is 1. The predicted octanol–water partition coefficient (Wildman–Crippen LogP) is 6.10. The van der Waals surface area contributed by atoms with Crippen LogP contribution in [0, 0.1) is 23.0 Å². The van der Waals surface area contributed by atoms with E-state index in [1.54, 1.807) is 42.5 Å². The van der Waals surface area contributed by atoms with E-state index >= 15 is 0 Å². The summed E-state index contributed by atoms with van der Waals surface area (Å²) in [5, 5.41) is 12.2. The van der Waals surface area contributed by atoms with Crippen LogP contribution in [0.1, 0.15) is 56.1 Å². The summed E-state index contributed by atoms with van der Waals surface area (Å²) in [6.45, 7) is 3.51. The topological polar surface area (TPSA) is 99.3 Å². The van der Waals surface area contributed by atoms with Crippen LogP contribution in [0.2, 0.25) is 0 Å². The third kappa shape index (κ3) is 5.75. The summed E-state index contributed by atoms with van der Waals surface area (Å²) in [6.07, 6.45) is 6.58. The number of hydrogen-bond donors (Lipinski definition) is 0. The number of aryl methyl sites for hydroxylation is 1. The van der Waals surface area contributed by atoms with Gasteiger partial charge in [-0.15, -0.1) is 0 Å². The Kier molecular flexibility index (Phi) is 8.65. The molecule has 0 spiro atoms. The third-order valence-corrected chi connectivity index (χ3v) is 8.35. The molecule has 0 fully saturated rings. The number of hydrogen-bond acceptors (Lipinski definition) is 5. The molecule has 0 amide bonds. The van der Waals surface area contributed by atoms with E-state index in [4.69, 9.17) is 0 Å². The first-order chi connectivity index (χ1) is 16.2. The summed E-state index contributed by atoms with van der Waals surface area (Å²) in [5.74, 6) is -1.32. The Hall–Kier alpha value is -2.52. The van der Waals surface area contributed by atoms with Gasteiger partial charge in [0.05, 0.1) is 16.3 Å². The maximum absolute atomic E-state index is 13.5. The van der Waals surface area contributed by atoms with E-state index in [1.165, 1.54) is 10.2 Å². The predicted molar refractivity (Wildman–Crippen MR) is 136 cm³/mol. The van der Waals surface area contributed by atoms with Crippen molar-refractivity contribution in [3.8, 4) is 0 Å². The molecule has 0 saturated heterocycles. The fourth-order valence-corrected chi connectivity index (χ4v) is 6.05. The molecule has 0 saturated carbocycles. The minimum atomic E-state index is -3.95. The van der Waals surface area contributed by atoms with Gasteiger partial charge < -0.3 is 4.79 Å². The molecule has 3 aromatic rings. The number of carbonyl (C=O) groups is 1. The molecule has 2 atom stereocenters. The standard InChI is InChI=1S/C25H29BrN2O5S/c1-3-4-5-6-7-19(17-29)23(16-28(30)31)24-15-27(25-13-10-20(26)14-22(24)25)34(32,33)21-11-8-18(2)9-12-21/h8-15,17,19,23H,3-7,16H2,1-2H3/t19-,23-/m1/s1. The third-order valence-electron chi connectivity index (χ3n) is 6.17. The molecule has 3 rings (SSSR count). The van der Waals surface area contributed by atoms with Gasteiger partial charge in [0.15, 0.2) is 0 Å². The van der Waals surface area contributed by atoms with Crippen molar-refractivity contribution in [2.45, 2.75) is 56.8 Å². The van der Waals surface area contributed by atoms with Crippen molar-refractivity contribution in [3.63, 3.8) is 0 Å². The Labute approximate surface area is 208 Å². The number of nitrogens with zero attached hydrogens (tertiary/aromatic N) is 2. The van der Waals surface area contributed by atoms with Crippen LogP contribution in [0.25, 0.3) is 10.9 Å². The second-order valence-corrected chi connectivity index (χ2v) is 11.4. The molecular formula is C25H29BrN2O5S. The van der Waals surface area contributed by atoms with Crippen LogP contribution in [0.15, 0.2) is 58.0 Å². The molecule has 0 aliphatic rings. The molecule has 182 valence electrons. The number of halogens is 1. The summed E-state index contributed by atoms with van der Waals surface area (Å²) >= 11 is 3.43. The zero-order valence-electron chi connectivity index (χ0n) is 19.3. The van der Waals surface area contributed by atoms with Gasteiger partial charge in [-0.2, -0.15) is 0 Å². The van der Waals surface area contributed by atoms with Gasteiger partial charge in [-0.1, -0.05) is 66.2 Å². The number of nitro groups is 1. The van der Waals surface area contributed by atoms with Gasteiger partial charge in [-0.25, -0.2) is 12.4 Å². The van der Waals surface area contributed by atoms with Crippen molar-refractivity contribution >= 4 is 43.1 Å². The van der Waals surface area contributed by atoms with Crippen LogP contribution >= 0.6 is 15.9 Å². The van der Waals surface area contributed by atoms with Gasteiger partial charge in [0, 0.05) is 26.9 Å². The smallest absolute Gasteiger partial charge is 0.268 e. The Morgan fingerprint density at radius 2 is 1.82 bits per heavy atom. The van der Waals surface area contributed by atoms with Crippen LogP contribution in [0.4, 0.5) is 0 Å². The van der Waals surface area contributed by atoms with Crippen molar-refractivity contribution in [2.24, 2.45) is 5.92 Å². The van der Waals surface area contributed by atoms with Gasteiger partial charge in [-0.3, -0.25) is 10.1 Å². The zero-order valence-corrected chi connectivity index (χ0v) is 21.7. The highest BCUT2D eigenvalue weighted by Crippen LogP contribution is 2.37. The number of aldehydes is 1. The van der Waals surface area contributed by atoms with E-state index in [0.29, 0.717) is 22.9 Å². The maximum Gasteiger partial charge on any atom is 0.268 e. The molecule has 1 heterocycles. The molecule has 0 aliphatic heterocycles. The molecule has 9 heteroatoms. The van der Waals surface area contributed by atoms with Crippen LogP contribution in [-0.2, 0) is 14.8 Å². The summed E-state index contributed by atoms with van der Waals surface area (Å²) in [4.78, 5) is 23.4. The molecule has 0 unspecified atom stereocenters. The van der Waals surface area contributed by atoms with Crippen molar-refractivity contribution in [1.82, 2.24) is 3.97 Å². The average Bonchev–Trinajstić information content (AvgIpc) is 3.17. The van der Waals surface area contributed by atoms with Gasteiger partial charge in [0.1, 0.15) is 6.29 Å². The minimum absolute atomic E-state index is 0.127. The number of benzene rings is 2. The number of rotatable bonds is 12. The quantitative estimate of drug-likeness (QED) is 0.118. The lowest BCUT2D eigenvalue weighted by atomic mass is 9.83. The first-order valence-corrected chi connectivity index (χ1v) is 13.6. The molecule has 0 N–H and O–H groups in total. The number of fused-ring (bicyclic) bond motifs is 1. The Morgan fingerprint density at radius 1 is 1.12 bits per heavy atom. The highest BCUT2D eigenvalue weighted by molar-refractivity contribution is 9.10. The van der Waals surface area contributed by atoms with Gasteiger partial charge in [0.25, 0.3) is 10.0 Å². The SMILES string of the molecule is CCCCCC[C@H](C=O)[C@@H](C[N+](=O)[O-])c1cn(S(=O)(=O)c2ccc(C)cc2)c2ccc(Br)cc12. The molecule has 0 radical (unpaired) electrons. The summed E-state index contributed by atoms with van der Waals surface area (Å²) in [6, 6.07) is 11.7. The normalized spacial score (nSPS) is 13.6. The van der Waals surface area contributed by atoms with E-state index in [9.17, 15) is 23.3 Å². The second-order valence-electron chi connectivity index (χ2n) is 8.63. The largest absolute Gasteiger partial charge is 0.303 e. The van der Waals surface area contributed by atoms with Crippen molar-refractivity contribution in [3.05, 3.63) is 74.4 Å². The molecule has 1 aromatic heterocycles. The van der Waals surface area contributed by atoms with Crippen molar-refractivity contribution < 1.29 is 18.1 Å². The number of unbranched alkanes of at least 4 members (excludes halogenated alkanes) is 3. The minimum Gasteiger partial charge on any atom is -0.303 e. The van der Waals surface area contributed by atoms with Crippen LogP contribution < -0.4 is 0 Å². The highest BCUT2D eigenvalue weighted by atomic mass is 79.9. The summed E-state index contributed by atoms with van der Waals surface area (Å²) in [5.41, 5.74) is 1.85. The highest BCUT2D eigenvalue weighted by Gasteiger charge is 2.32. The maximum atomic E-state index is 13.5. The Balaban J connectivity index is 2.16. The molecular weight excluding hydrogens is 520 g/mol. The molecule has 0 aliphatic carbocycles. The molecule has 7 nitrogen and oxygen atoms in total. The summed E-state index contributed by atoms with van der Waals surface area (Å²) in [7, 11) is -3.95. The van der Waals surface area contributed by atoms with Crippen molar-refractivity contribution in [1.29, 1.82) is 0 Å². The first kappa shape index (κ1) is 26.1. The van der Waals surface area contributed by atoms with Gasteiger partial charge in [0.2, 0.25) is 6.54 Å². The lowest BCUT2D eigenvalue weighted by Crippen LogP contribution is -2.22. The molecule has 0 bridgehead atoms. The monoisotopic (exact) mass is 548 g/mol. The lowest BCUT2D eigenvalue weighted by molar-refractivity contribution is -0.484. The summed E-state index contributed by atoms with van der Waals surface area (Å²) < 4.78 is 29.0. The van der Waals surface area contributed by atoms with E-state index in [1.807, 2.05) is 6.92 Å². The second kappa shape index (κ2) is 11.3. The van der Waals surface area contributed by atoms with E-state index < -0.39 is 33.3 Å².